The summed E-state index contributed by atoms with van der Waals surface area (Å²) in [5.74, 6) is 0.393. The van der Waals surface area contributed by atoms with Gasteiger partial charge < -0.3 is 39.3 Å². The number of nitrogens with zero attached hydrogens (tertiary/aromatic N) is 6. The van der Waals surface area contributed by atoms with Gasteiger partial charge in [-0.2, -0.15) is 5.10 Å². The summed E-state index contributed by atoms with van der Waals surface area (Å²) in [5, 5.41) is 6.60. The van der Waals surface area contributed by atoms with Crippen LogP contribution in [-0.2, 0) is 48.0 Å². The first kappa shape index (κ1) is 37.8. The molecule has 14 nitrogen and oxygen atoms in total. The highest BCUT2D eigenvalue weighted by Crippen LogP contribution is 2.31. The Kier molecular flexibility index (Phi) is 15.2. The molecule has 1 aromatic carbocycles. The number of nitrogens with one attached hydrogen (secondary N) is 1. The number of amides is 1. The third-order valence-electron chi connectivity index (χ3n) is 8.12. The normalized spacial score (nSPS) is 12.6. The Bertz CT molecular complexity index is 1780. The fourth-order valence-corrected chi connectivity index (χ4v) is 5.61. The lowest BCUT2D eigenvalue weighted by molar-refractivity contribution is -0.118. The maximum atomic E-state index is 11.1. The molecule has 1 aliphatic rings. The second-order valence-electron chi connectivity index (χ2n) is 11.9. The zero-order valence-electron chi connectivity index (χ0n) is 29.3. The minimum Gasteiger partial charge on any atom is -0.383 e. The highest BCUT2D eigenvalue weighted by Gasteiger charge is 2.19. The van der Waals surface area contributed by atoms with Gasteiger partial charge >= 0.3 is 0 Å². The van der Waals surface area contributed by atoms with Gasteiger partial charge in [0.1, 0.15) is 23.5 Å². The number of hydrogen-bond acceptors (Lipinski definition) is 11. The van der Waals surface area contributed by atoms with Gasteiger partial charge in [-0.1, -0.05) is 31.4 Å². The number of hydrogen-bond donors (Lipinski definition) is 2. The fraction of sp³-hybridized carbons (Fsp3) is 0.472. The van der Waals surface area contributed by atoms with Gasteiger partial charge in [0, 0.05) is 49.6 Å². The molecule has 0 atom stereocenters. The smallest absolute Gasteiger partial charge is 0.210 e. The van der Waals surface area contributed by atoms with Crippen LogP contribution in [0.3, 0.4) is 0 Å². The molecule has 0 saturated heterocycles. The Morgan fingerprint density at radius 2 is 1.59 bits per heavy atom. The predicted octanol–water partition coefficient (Wildman–Crippen LogP) is 3.58. The van der Waals surface area contributed by atoms with Crippen molar-refractivity contribution in [3.63, 3.8) is 0 Å². The maximum absolute atomic E-state index is 11.1. The molecule has 4 aromatic heterocycles. The van der Waals surface area contributed by atoms with E-state index in [1.165, 1.54) is 17.5 Å². The SMILES string of the molecule is Nc1ncnc2c1c(-c1cnc3[nH]ccc3c1)nn2Cc1ccc2c(c1)CCN(C=O)C2.[B]CCOCCOCCOCCOCCOCCC. The van der Waals surface area contributed by atoms with Crippen LogP contribution >= 0.6 is 0 Å². The molecular formula is C36H47BN8O6. The molecule has 0 saturated carbocycles. The molecule has 2 radical (unpaired) electrons. The second-order valence-corrected chi connectivity index (χ2v) is 11.9. The Hall–Kier alpha value is -4.41. The van der Waals surface area contributed by atoms with Gasteiger partial charge in [0.2, 0.25) is 6.41 Å². The van der Waals surface area contributed by atoms with E-state index in [2.05, 4.69) is 45.1 Å². The molecule has 0 fully saturated rings. The Morgan fingerprint density at radius 1 is 0.882 bits per heavy atom. The van der Waals surface area contributed by atoms with Gasteiger partial charge in [0.25, 0.3) is 0 Å². The molecule has 0 unspecified atom stereocenters. The number of H-pyrrole nitrogens is 1. The Morgan fingerprint density at radius 3 is 2.27 bits per heavy atom. The summed E-state index contributed by atoms with van der Waals surface area (Å²) >= 11 is 0. The van der Waals surface area contributed by atoms with Crippen molar-refractivity contribution in [1.29, 1.82) is 0 Å². The van der Waals surface area contributed by atoms with Crippen LogP contribution in [0.4, 0.5) is 5.82 Å². The monoisotopic (exact) mass is 698 g/mol. The van der Waals surface area contributed by atoms with Crippen molar-refractivity contribution in [2.45, 2.75) is 39.2 Å². The highest BCUT2D eigenvalue weighted by atomic mass is 16.6. The molecular weight excluding hydrogens is 651 g/mol. The third-order valence-corrected chi connectivity index (χ3v) is 8.12. The summed E-state index contributed by atoms with van der Waals surface area (Å²) < 4.78 is 28.3. The van der Waals surface area contributed by atoms with Crippen molar-refractivity contribution in [2.24, 2.45) is 0 Å². The lowest BCUT2D eigenvalue weighted by Crippen LogP contribution is -2.29. The fourth-order valence-electron chi connectivity index (χ4n) is 5.61. The van der Waals surface area contributed by atoms with Gasteiger partial charge in [0.05, 0.1) is 72.6 Å². The largest absolute Gasteiger partial charge is 0.383 e. The number of fused-ring (bicyclic) bond motifs is 3. The average molecular weight is 699 g/mol. The molecule has 270 valence electrons. The van der Waals surface area contributed by atoms with Crippen LogP contribution in [0.2, 0.25) is 6.32 Å². The zero-order chi connectivity index (χ0) is 35.7. The molecule has 1 aliphatic heterocycles. The molecule has 51 heavy (non-hydrogen) atoms. The van der Waals surface area contributed by atoms with Crippen molar-refractivity contribution in [2.75, 3.05) is 78.3 Å². The van der Waals surface area contributed by atoms with E-state index >= 15 is 0 Å². The van der Waals surface area contributed by atoms with E-state index in [1.807, 2.05) is 23.0 Å². The van der Waals surface area contributed by atoms with Crippen LogP contribution in [0.1, 0.15) is 30.0 Å². The molecule has 0 spiro atoms. The van der Waals surface area contributed by atoms with E-state index < -0.39 is 0 Å². The number of rotatable bonds is 20. The summed E-state index contributed by atoms with van der Waals surface area (Å²) in [5.41, 5.74) is 12.9. The maximum Gasteiger partial charge on any atom is 0.210 e. The zero-order valence-corrected chi connectivity index (χ0v) is 29.3. The number of anilines is 1. The number of nitrogens with two attached hydrogens (primary N) is 1. The van der Waals surface area contributed by atoms with Gasteiger partial charge in [-0.3, -0.25) is 4.79 Å². The van der Waals surface area contributed by atoms with Crippen LogP contribution in [0.25, 0.3) is 33.3 Å². The number of nitrogen functional groups attached to an aromatic ring is 1. The van der Waals surface area contributed by atoms with E-state index in [4.69, 9.17) is 42.4 Å². The van der Waals surface area contributed by atoms with Crippen molar-refractivity contribution in [3.05, 3.63) is 65.7 Å². The lowest BCUT2D eigenvalue weighted by atomic mass is 9.97. The number of aromatic amines is 1. The van der Waals surface area contributed by atoms with Crippen molar-refractivity contribution in [1.82, 2.24) is 34.6 Å². The van der Waals surface area contributed by atoms with Gasteiger partial charge in [-0.15, -0.1) is 0 Å². The Labute approximate surface area is 299 Å². The summed E-state index contributed by atoms with van der Waals surface area (Å²) in [6, 6.07) is 10.4. The molecule has 1 amide bonds. The minimum atomic E-state index is 0.393. The summed E-state index contributed by atoms with van der Waals surface area (Å²) in [6.45, 7) is 10.2. The number of pyridine rings is 1. The first-order chi connectivity index (χ1) is 25.1. The van der Waals surface area contributed by atoms with E-state index in [9.17, 15) is 4.79 Å². The van der Waals surface area contributed by atoms with Crippen LogP contribution < -0.4 is 5.73 Å². The molecule has 6 rings (SSSR count). The summed E-state index contributed by atoms with van der Waals surface area (Å²) in [4.78, 5) is 29.2. The molecule has 0 aliphatic carbocycles. The number of aromatic nitrogens is 6. The molecule has 0 bridgehead atoms. The van der Waals surface area contributed by atoms with Crippen LogP contribution in [0.15, 0.2) is 49.1 Å². The van der Waals surface area contributed by atoms with Crippen molar-refractivity contribution in [3.8, 4) is 11.3 Å². The van der Waals surface area contributed by atoms with E-state index in [-0.39, 0.29) is 0 Å². The van der Waals surface area contributed by atoms with Gasteiger partial charge in [-0.05, 0) is 41.7 Å². The predicted molar refractivity (Wildman–Crippen MR) is 195 cm³/mol. The quantitative estimate of drug-likeness (QED) is 0.0694. The first-order valence-electron chi connectivity index (χ1n) is 17.4. The van der Waals surface area contributed by atoms with E-state index in [0.717, 1.165) is 59.9 Å². The second kappa shape index (κ2) is 20.4. The number of carbonyl (C=O) groups excluding carboxylic acids is 1. The van der Waals surface area contributed by atoms with Crippen LogP contribution in [-0.4, -0.2) is 121 Å². The molecule has 15 heteroatoms. The summed E-state index contributed by atoms with van der Waals surface area (Å²) in [6.07, 6.45) is 8.47. The standard InChI is InChI=1S/C23H20N8O.C13H27BO5/c24-21-19-20(18-8-16-3-5-25-22(16)26-9-18)29-31(23(19)28-12-27-21)10-14-1-2-17-11-30(13-32)6-4-15(17)7-14;1-2-4-15-6-8-17-10-12-19-13-11-18-9-7-16-5-3-14/h1-3,5,7-9,12-13H,4,6,10-11H2,(H,25,26)(H2,24,27,28);2-13H2,1H3. The Balaban J connectivity index is 0.000000230. The molecule has 5 aromatic rings. The van der Waals surface area contributed by atoms with E-state index in [1.54, 1.807) is 11.1 Å². The average Bonchev–Trinajstić information content (AvgIpc) is 3.78. The van der Waals surface area contributed by atoms with Crippen molar-refractivity contribution >= 4 is 42.1 Å². The lowest BCUT2D eigenvalue weighted by Gasteiger charge is -2.25. The number of ether oxygens (including phenoxy) is 5. The topological polar surface area (TPSA) is 165 Å². The number of benzene rings is 1. The third kappa shape index (κ3) is 11.0. The summed E-state index contributed by atoms with van der Waals surface area (Å²) in [7, 11) is 5.28. The highest BCUT2D eigenvalue weighted by molar-refractivity contribution is 6.08. The molecule has 5 heterocycles. The van der Waals surface area contributed by atoms with E-state index in [0.29, 0.717) is 96.0 Å². The first-order valence-corrected chi connectivity index (χ1v) is 17.4. The van der Waals surface area contributed by atoms with Gasteiger partial charge in [0.15, 0.2) is 5.65 Å². The van der Waals surface area contributed by atoms with Crippen LogP contribution in [0.5, 0.6) is 0 Å². The number of carbonyl (C=O) groups is 1. The van der Waals surface area contributed by atoms with Gasteiger partial charge in [-0.25, -0.2) is 19.6 Å². The molecule has 3 N–H and O–H groups in total. The van der Waals surface area contributed by atoms with Crippen LogP contribution in [0, 0.1) is 0 Å². The minimum absolute atomic E-state index is 0.393. The van der Waals surface area contributed by atoms with Crippen molar-refractivity contribution < 1.29 is 28.5 Å².